The van der Waals surface area contributed by atoms with E-state index in [2.05, 4.69) is 13.8 Å². The summed E-state index contributed by atoms with van der Waals surface area (Å²) in [4.78, 5) is 0. The van der Waals surface area contributed by atoms with Gasteiger partial charge in [-0.05, 0) is 30.0 Å². The molecule has 1 aromatic carbocycles. The van der Waals surface area contributed by atoms with E-state index in [0.29, 0.717) is 24.9 Å². The number of phenols is 1. The highest BCUT2D eigenvalue weighted by molar-refractivity contribution is 5.44. The average molecular weight is 238 g/mol. The number of ether oxygens (including phenoxy) is 2. The summed E-state index contributed by atoms with van der Waals surface area (Å²) in [6.45, 7) is 5.18. The summed E-state index contributed by atoms with van der Waals surface area (Å²) in [6.07, 6.45) is 1.07. The molecular weight excluding hydrogens is 216 g/mol. The standard InChI is InChI=1S/C14H22O3/c1-5-10(2)11-6-12(8-16-3)14(15)13(7-11)9-17-4/h6-7,10,15H,5,8-9H2,1-4H3. The second-order valence-electron chi connectivity index (χ2n) is 4.36. The molecule has 0 amide bonds. The number of rotatable bonds is 6. The van der Waals surface area contributed by atoms with E-state index >= 15 is 0 Å². The van der Waals surface area contributed by atoms with E-state index in [1.807, 2.05) is 12.1 Å². The average Bonchev–Trinajstić information content (AvgIpc) is 2.33. The van der Waals surface area contributed by atoms with E-state index in [9.17, 15) is 5.11 Å². The summed E-state index contributed by atoms with van der Waals surface area (Å²) in [5.41, 5.74) is 2.89. The fourth-order valence-corrected chi connectivity index (χ4v) is 1.84. The molecule has 3 heteroatoms. The lowest BCUT2D eigenvalue weighted by atomic mass is 9.94. The fraction of sp³-hybridized carbons (Fsp3) is 0.571. The smallest absolute Gasteiger partial charge is 0.126 e. The molecule has 0 aromatic heterocycles. The van der Waals surface area contributed by atoms with Crippen molar-refractivity contribution in [3.8, 4) is 5.75 Å². The van der Waals surface area contributed by atoms with Crippen LogP contribution in [0, 0.1) is 0 Å². The molecule has 17 heavy (non-hydrogen) atoms. The second kappa shape index (κ2) is 6.62. The van der Waals surface area contributed by atoms with Crippen molar-refractivity contribution in [1.29, 1.82) is 0 Å². The third-order valence-electron chi connectivity index (χ3n) is 3.07. The van der Waals surface area contributed by atoms with Crippen molar-refractivity contribution < 1.29 is 14.6 Å². The third-order valence-corrected chi connectivity index (χ3v) is 3.07. The van der Waals surface area contributed by atoms with Crippen LogP contribution in [0.1, 0.15) is 42.9 Å². The number of methoxy groups -OCH3 is 2. The highest BCUT2D eigenvalue weighted by Gasteiger charge is 2.12. The SMILES string of the molecule is CCC(C)c1cc(COC)c(O)c(COC)c1. The lowest BCUT2D eigenvalue weighted by Gasteiger charge is -2.15. The molecule has 0 aliphatic rings. The van der Waals surface area contributed by atoms with Crippen molar-refractivity contribution in [2.24, 2.45) is 0 Å². The van der Waals surface area contributed by atoms with Crippen molar-refractivity contribution in [2.75, 3.05) is 14.2 Å². The fourth-order valence-electron chi connectivity index (χ4n) is 1.84. The Morgan fingerprint density at radius 2 is 1.59 bits per heavy atom. The summed E-state index contributed by atoms with van der Waals surface area (Å²) >= 11 is 0. The number of phenolic OH excluding ortho intramolecular Hbond substituents is 1. The summed E-state index contributed by atoms with van der Waals surface area (Å²) in [5.74, 6) is 0.766. The Balaban J connectivity index is 3.15. The Morgan fingerprint density at radius 3 is 1.94 bits per heavy atom. The van der Waals surface area contributed by atoms with Gasteiger partial charge >= 0.3 is 0 Å². The summed E-state index contributed by atoms with van der Waals surface area (Å²) in [5, 5.41) is 10.1. The Morgan fingerprint density at radius 1 is 1.12 bits per heavy atom. The highest BCUT2D eigenvalue weighted by Crippen LogP contribution is 2.30. The third kappa shape index (κ3) is 3.45. The summed E-state index contributed by atoms with van der Waals surface area (Å²) in [6, 6.07) is 4.04. The molecule has 0 aliphatic heterocycles. The Bertz CT molecular complexity index is 333. The van der Waals surface area contributed by atoms with Crippen LogP contribution in [0.5, 0.6) is 5.75 Å². The van der Waals surface area contributed by atoms with E-state index in [-0.39, 0.29) is 0 Å². The predicted octanol–water partition coefficient (Wildman–Crippen LogP) is 3.20. The Hall–Kier alpha value is -1.06. The molecule has 1 unspecified atom stereocenters. The highest BCUT2D eigenvalue weighted by atomic mass is 16.5. The van der Waals surface area contributed by atoms with Gasteiger partial charge in [-0.3, -0.25) is 0 Å². The van der Waals surface area contributed by atoms with Gasteiger partial charge in [-0.2, -0.15) is 0 Å². The molecule has 0 fully saturated rings. The lowest BCUT2D eigenvalue weighted by Crippen LogP contribution is -2.00. The number of aromatic hydroxyl groups is 1. The van der Waals surface area contributed by atoms with Crippen molar-refractivity contribution in [3.05, 3.63) is 28.8 Å². The monoisotopic (exact) mass is 238 g/mol. The Kier molecular flexibility index (Phi) is 5.45. The first-order valence-corrected chi connectivity index (χ1v) is 5.96. The maximum atomic E-state index is 10.1. The van der Waals surface area contributed by atoms with Gasteiger partial charge in [0.15, 0.2) is 0 Å². The van der Waals surface area contributed by atoms with E-state index in [1.165, 1.54) is 5.56 Å². The molecule has 96 valence electrons. The Labute approximate surface area is 103 Å². The molecule has 0 saturated carbocycles. The maximum Gasteiger partial charge on any atom is 0.126 e. The minimum atomic E-state index is 0.292. The summed E-state index contributed by atoms with van der Waals surface area (Å²) < 4.78 is 10.2. The normalized spacial score (nSPS) is 12.7. The molecule has 0 aliphatic carbocycles. The van der Waals surface area contributed by atoms with E-state index < -0.39 is 0 Å². The van der Waals surface area contributed by atoms with Crippen LogP contribution in [0.25, 0.3) is 0 Å². The van der Waals surface area contributed by atoms with Crippen molar-refractivity contribution >= 4 is 0 Å². The van der Waals surface area contributed by atoms with Crippen LogP contribution in [0.4, 0.5) is 0 Å². The van der Waals surface area contributed by atoms with Gasteiger partial charge in [0.05, 0.1) is 13.2 Å². The zero-order valence-electron chi connectivity index (χ0n) is 11.1. The zero-order chi connectivity index (χ0) is 12.8. The molecule has 0 heterocycles. The first-order valence-electron chi connectivity index (χ1n) is 5.96. The van der Waals surface area contributed by atoms with Crippen LogP contribution < -0.4 is 0 Å². The first kappa shape index (κ1) is 14.0. The molecule has 1 rings (SSSR count). The minimum absolute atomic E-state index is 0.292. The van der Waals surface area contributed by atoms with Crippen LogP contribution in [-0.4, -0.2) is 19.3 Å². The van der Waals surface area contributed by atoms with Crippen LogP contribution in [0.2, 0.25) is 0 Å². The molecule has 1 N–H and O–H groups in total. The predicted molar refractivity (Wildman–Crippen MR) is 68.2 cm³/mol. The van der Waals surface area contributed by atoms with Crippen LogP contribution >= 0.6 is 0 Å². The molecule has 0 radical (unpaired) electrons. The van der Waals surface area contributed by atoms with Gasteiger partial charge in [0.1, 0.15) is 5.75 Å². The first-order chi connectivity index (χ1) is 8.13. The van der Waals surface area contributed by atoms with Gasteiger partial charge in [-0.25, -0.2) is 0 Å². The van der Waals surface area contributed by atoms with Gasteiger partial charge in [0, 0.05) is 25.3 Å². The molecule has 0 spiro atoms. The van der Waals surface area contributed by atoms with E-state index in [1.54, 1.807) is 14.2 Å². The molecule has 0 saturated heterocycles. The zero-order valence-corrected chi connectivity index (χ0v) is 11.1. The topological polar surface area (TPSA) is 38.7 Å². The van der Waals surface area contributed by atoms with Gasteiger partial charge < -0.3 is 14.6 Å². The molecule has 1 atom stereocenters. The van der Waals surface area contributed by atoms with Crippen LogP contribution in [-0.2, 0) is 22.7 Å². The van der Waals surface area contributed by atoms with Gasteiger partial charge in [-0.15, -0.1) is 0 Å². The van der Waals surface area contributed by atoms with Crippen molar-refractivity contribution in [2.45, 2.75) is 39.4 Å². The molecule has 0 bridgehead atoms. The number of hydrogen-bond acceptors (Lipinski definition) is 3. The number of hydrogen-bond donors (Lipinski definition) is 1. The van der Waals surface area contributed by atoms with Gasteiger partial charge in [-0.1, -0.05) is 13.8 Å². The van der Waals surface area contributed by atoms with Crippen molar-refractivity contribution in [1.82, 2.24) is 0 Å². The van der Waals surface area contributed by atoms with Crippen LogP contribution in [0.15, 0.2) is 12.1 Å². The number of benzene rings is 1. The van der Waals surface area contributed by atoms with Crippen LogP contribution in [0.3, 0.4) is 0 Å². The van der Waals surface area contributed by atoms with E-state index in [4.69, 9.17) is 9.47 Å². The molecular formula is C14H22O3. The van der Waals surface area contributed by atoms with E-state index in [0.717, 1.165) is 17.5 Å². The minimum Gasteiger partial charge on any atom is -0.507 e. The summed E-state index contributed by atoms with van der Waals surface area (Å²) in [7, 11) is 3.26. The largest absolute Gasteiger partial charge is 0.507 e. The maximum absolute atomic E-state index is 10.1. The molecule has 1 aromatic rings. The van der Waals surface area contributed by atoms with Gasteiger partial charge in [0.2, 0.25) is 0 Å². The molecule has 3 nitrogen and oxygen atoms in total. The lowest BCUT2D eigenvalue weighted by molar-refractivity contribution is 0.174. The quantitative estimate of drug-likeness (QED) is 0.827. The second-order valence-corrected chi connectivity index (χ2v) is 4.36. The van der Waals surface area contributed by atoms with Crippen molar-refractivity contribution in [3.63, 3.8) is 0 Å². The van der Waals surface area contributed by atoms with Gasteiger partial charge in [0.25, 0.3) is 0 Å².